The molecule has 1 aliphatic rings. The predicted molar refractivity (Wildman–Crippen MR) is 95.2 cm³/mol. The molecule has 0 fully saturated rings. The summed E-state index contributed by atoms with van der Waals surface area (Å²) in [6.07, 6.45) is 2.35. The van der Waals surface area contributed by atoms with Gasteiger partial charge in [-0.05, 0) is 43.2 Å². The molecule has 2 aromatic rings. The maximum absolute atomic E-state index is 12.1. The first-order chi connectivity index (χ1) is 10.9. The molecule has 124 valence electrons. The number of hydrogen-bond donors (Lipinski definition) is 1. The SMILES string of the molecule is CCOC(=O)c1sc2nc3c(cc2c1N)[C@H](C)CC[C@H]3C(C)C. The summed E-state index contributed by atoms with van der Waals surface area (Å²) in [5.41, 5.74) is 9.22. The minimum Gasteiger partial charge on any atom is -0.462 e. The Morgan fingerprint density at radius 2 is 2.22 bits per heavy atom. The van der Waals surface area contributed by atoms with Gasteiger partial charge in [0, 0.05) is 17.0 Å². The van der Waals surface area contributed by atoms with Gasteiger partial charge in [-0.2, -0.15) is 0 Å². The zero-order chi connectivity index (χ0) is 16.7. The van der Waals surface area contributed by atoms with Gasteiger partial charge < -0.3 is 10.5 Å². The summed E-state index contributed by atoms with van der Waals surface area (Å²) < 4.78 is 5.11. The summed E-state index contributed by atoms with van der Waals surface area (Å²) in [6.45, 7) is 8.90. The number of nitrogen functional groups attached to an aromatic ring is 1. The van der Waals surface area contributed by atoms with Crippen LogP contribution in [-0.4, -0.2) is 17.6 Å². The van der Waals surface area contributed by atoms with Crippen LogP contribution in [-0.2, 0) is 4.74 Å². The average Bonchev–Trinajstić information content (AvgIpc) is 2.83. The summed E-state index contributed by atoms with van der Waals surface area (Å²) in [7, 11) is 0. The van der Waals surface area contributed by atoms with Crippen LogP contribution in [0, 0.1) is 5.92 Å². The number of ether oxygens (including phenoxy) is 1. The summed E-state index contributed by atoms with van der Waals surface area (Å²) >= 11 is 1.35. The zero-order valence-electron chi connectivity index (χ0n) is 14.2. The lowest BCUT2D eigenvalue weighted by Gasteiger charge is -2.31. The van der Waals surface area contributed by atoms with Crippen LogP contribution in [0.25, 0.3) is 10.2 Å². The first-order valence-electron chi connectivity index (χ1n) is 8.33. The first-order valence-corrected chi connectivity index (χ1v) is 9.15. The van der Waals surface area contributed by atoms with Crippen molar-refractivity contribution < 1.29 is 9.53 Å². The fourth-order valence-corrected chi connectivity index (χ4v) is 4.46. The molecule has 0 bridgehead atoms. The van der Waals surface area contributed by atoms with Crippen LogP contribution in [0.2, 0.25) is 0 Å². The minimum absolute atomic E-state index is 0.348. The molecule has 0 saturated carbocycles. The summed E-state index contributed by atoms with van der Waals surface area (Å²) in [5.74, 6) is 1.19. The molecule has 0 saturated heterocycles. The maximum Gasteiger partial charge on any atom is 0.350 e. The third-order valence-corrected chi connectivity index (χ3v) is 5.94. The van der Waals surface area contributed by atoms with Crippen molar-refractivity contribution in [3.63, 3.8) is 0 Å². The number of esters is 1. The Balaban J connectivity index is 2.16. The van der Waals surface area contributed by atoms with Crippen molar-refractivity contribution in [3.8, 4) is 0 Å². The van der Waals surface area contributed by atoms with Crippen molar-refractivity contribution in [3.05, 3.63) is 22.2 Å². The van der Waals surface area contributed by atoms with Gasteiger partial charge >= 0.3 is 5.97 Å². The number of pyridine rings is 1. The Morgan fingerprint density at radius 3 is 2.87 bits per heavy atom. The van der Waals surface area contributed by atoms with E-state index in [2.05, 4.69) is 26.8 Å². The Bertz CT molecular complexity index is 751. The van der Waals surface area contributed by atoms with E-state index < -0.39 is 0 Å². The van der Waals surface area contributed by atoms with E-state index in [9.17, 15) is 4.79 Å². The fourth-order valence-electron chi connectivity index (χ4n) is 3.48. The molecule has 0 unspecified atom stereocenters. The van der Waals surface area contributed by atoms with Crippen LogP contribution >= 0.6 is 11.3 Å². The molecule has 23 heavy (non-hydrogen) atoms. The minimum atomic E-state index is -0.348. The van der Waals surface area contributed by atoms with E-state index in [4.69, 9.17) is 15.5 Å². The predicted octanol–water partition coefficient (Wildman–Crippen LogP) is 4.69. The van der Waals surface area contributed by atoms with Crippen molar-refractivity contribution in [2.75, 3.05) is 12.3 Å². The van der Waals surface area contributed by atoms with Gasteiger partial charge in [0.1, 0.15) is 9.71 Å². The second-order valence-corrected chi connectivity index (χ2v) is 7.71. The lowest BCUT2D eigenvalue weighted by molar-refractivity contribution is 0.0533. The average molecular weight is 332 g/mol. The van der Waals surface area contributed by atoms with Crippen LogP contribution in [0.4, 0.5) is 5.69 Å². The van der Waals surface area contributed by atoms with Gasteiger partial charge in [0.2, 0.25) is 0 Å². The number of aromatic nitrogens is 1. The van der Waals surface area contributed by atoms with Crippen LogP contribution in [0.1, 0.15) is 73.3 Å². The highest BCUT2D eigenvalue weighted by Gasteiger charge is 2.30. The van der Waals surface area contributed by atoms with Crippen LogP contribution in [0.3, 0.4) is 0 Å². The Hall–Kier alpha value is -1.62. The molecule has 2 atom stereocenters. The highest BCUT2D eigenvalue weighted by molar-refractivity contribution is 7.21. The van der Waals surface area contributed by atoms with Crippen LogP contribution in [0.15, 0.2) is 6.07 Å². The van der Waals surface area contributed by atoms with Crippen LogP contribution in [0.5, 0.6) is 0 Å². The van der Waals surface area contributed by atoms with Crippen molar-refractivity contribution in [2.24, 2.45) is 5.92 Å². The Morgan fingerprint density at radius 1 is 1.48 bits per heavy atom. The normalized spacial score (nSPS) is 20.7. The maximum atomic E-state index is 12.1. The Kier molecular flexibility index (Phi) is 4.32. The third kappa shape index (κ3) is 2.71. The summed E-state index contributed by atoms with van der Waals surface area (Å²) in [4.78, 5) is 18.3. The van der Waals surface area contributed by atoms with E-state index in [-0.39, 0.29) is 5.97 Å². The molecular weight excluding hydrogens is 308 g/mol. The second kappa shape index (κ2) is 6.11. The van der Waals surface area contributed by atoms with E-state index in [1.807, 2.05) is 0 Å². The first kappa shape index (κ1) is 16.2. The molecule has 0 amide bonds. The van der Waals surface area contributed by atoms with Crippen molar-refractivity contribution in [1.82, 2.24) is 4.98 Å². The molecular formula is C18H24N2O2S. The van der Waals surface area contributed by atoms with Crippen molar-refractivity contribution in [2.45, 2.75) is 52.4 Å². The van der Waals surface area contributed by atoms with E-state index in [1.165, 1.54) is 35.4 Å². The molecule has 0 aliphatic heterocycles. The highest BCUT2D eigenvalue weighted by atomic mass is 32.1. The smallest absolute Gasteiger partial charge is 0.350 e. The van der Waals surface area contributed by atoms with Crippen molar-refractivity contribution in [1.29, 1.82) is 0 Å². The number of fused-ring (bicyclic) bond motifs is 2. The lowest BCUT2D eigenvalue weighted by Crippen LogP contribution is -2.18. The standard InChI is InChI=1S/C18H24N2O2S/c1-5-22-18(21)16-14(19)13-8-12-10(4)6-7-11(9(2)3)15(12)20-17(13)23-16/h8-11H,5-7,19H2,1-4H3/t10-,11+/m1/s1. The van der Waals surface area contributed by atoms with E-state index in [0.29, 0.717) is 34.9 Å². The Labute approximate surface area is 141 Å². The number of nitrogens with zero attached hydrogens (tertiary/aromatic N) is 1. The molecule has 1 aliphatic carbocycles. The van der Waals surface area contributed by atoms with Crippen LogP contribution < -0.4 is 5.73 Å². The van der Waals surface area contributed by atoms with Crippen molar-refractivity contribution >= 4 is 33.2 Å². The number of carbonyl (C=O) groups excluding carboxylic acids is 1. The van der Waals surface area contributed by atoms with Gasteiger partial charge in [0.05, 0.1) is 12.3 Å². The van der Waals surface area contributed by atoms with Gasteiger partial charge in [-0.3, -0.25) is 0 Å². The van der Waals surface area contributed by atoms with E-state index in [0.717, 1.165) is 10.2 Å². The van der Waals surface area contributed by atoms with Gasteiger partial charge in [-0.1, -0.05) is 20.8 Å². The second-order valence-electron chi connectivity index (χ2n) is 6.71. The molecule has 5 heteroatoms. The fraction of sp³-hybridized carbons (Fsp3) is 0.556. The number of hydrogen-bond acceptors (Lipinski definition) is 5. The molecule has 0 aromatic carbocycles. The molecule has 4 nitrogen and oxygen atoms in total. The molecule has 2 N–H and O–H groups in total. The quantitative estimate of drug-likeness (QED) is 0.828. The summed E-state index contributed by atoms with van der Waals surface area (Å²) in [6, 6.07) is 2.16. The summed E-state index contributed by atoms with van der Waals surface area (Å²) in [5, 5.41) is 0.896. The lowest BCUT2D eigenvalue weighted by atomic mass is 9.75. The molecule has 0 spiro atoms. The van der Waals surface area contributed by atoms with Gasteiger partial charge in [0.25, 0.3) is 0 Å². The number of anilines is 1. The van der Waals surface area contributed by atoms with E-state index >= 15 is 0 Å². The number of thiophene rings is 1. The molecule has 3 rings (SSSR count). The van der Waals surface area contributed by atoms with Gasteiger partial charge in [0.15, 0.2) is 0 Å². The largest absolute Gasteiger partial charge is 0.462 e. The number of nitrogens with two attached hydrogens (primary N) is 1. The topological polar surface area (TPSA) is 65.2 Å². The zero-order valence-corrected chi connectivity index (χ0v) is 15.0. The third-order valence-electron chi connectivity index (χ3n) is 4.84. The van der Waals surface area contributed by atoms with E-state index in [1.54, 1.807) is 6.92 Å². The van der Waals surface area contributed by atoms with Gasteiger partial charge in [-0.25, -0.2) is 9.78 Å². The monoisotopic (exact) mass is 332 g/mol. The number of carbonyl (C=O) groups is 1. The van der Waals surface area contributed by atoms with Gasteiger partial charge in [-0.15, -0.1) is 11.3 Å². The molecule has 0 radical (unpaired) electrons. The molecule has 2 aromatic heterocycles. The number of rotatable bonds is 3. The highest BCUT2D eigenvalue weighted by Crippen LogP contribution is 2.44. The molecule has 2 heterocycles.